The number of hydrogen-bond donors (Lipinski definition) is 0. The predicted octanol–water partition coefficient (Wildman–Crippen LogP) is 6.74. The topological polar surface area (TPSA) is 12.4 Å². The summed E-state index contributed by atoms with van der Waals surface area (Å²) in [5.74, 6) is 0.613. The van der Waals surface area contributed by atoms with Gasteiger partial charge < -0.3 is 0 Å². The van der Waals surface area contributed by atoms with Crippen LogP contribution in [0.15, 0.2) is 46.1 Å². The molecule has 1 aliphatic rings. The Labute approximate surface area is 148 Å². The van der Waals surface area contributed by atoms with E-state index in [1.807, 2.05) is 0 Å². The summed E-state index contributed by atoms with van der Waals surface area (Å²) in [5.41, 5.74) is 9.91. The molecule has 0 spiro atoms. The van der Waals surface area contributed by atoms with Crippen molar-refractivity contribution in [2.75, 3.05) is 0 Å². The highest BCUT2D eigenvalue weighted by Gasteiger charge is 2.15. The first-order valence-electron chi connectivity index (χ1n) is 9.38. The van der Waals surface area contributed by atoms with Gasteiger partial charge in [0.1, 0.15) is 0 Å². The molecular formula is C23H33N. The van der Waals surface area contributed by atoms with Gasteiger partial charge in [-0.1, -0.05) is 60.4 Å². The summed E-state index contributed by atoms with van der Waals surface area (Å²) in [6.45, 7) is 13.4. The number of aliphatic imine (C=N–C) groups is 1. The first kappa shape index (κ1) is 18.7. The van der Waals surface area contributed by atoms with Crippen molar-refractivity contribution in [1.82, 2.24) is 0 Å². The third kappa shape index (κ3) is 5.19. The van der Waals surface area contributed by atoms with Gasteiger partial charge in [0.2, 0.25) is 0 Å². The SMILES string of the molecule is CC/C1=C(\CCc2cc(C)cc(C)c2)C(C)C/C=C(\C)N=C(C)C1. The van der Waals surface area contributed by atoms with Crippen LogP contribution in [0.5, 0.6) is 0 Å². The summed E-state index contributed by atoms with van der Waals surface area (Å²) in [7, 11) is 0. The molecule has 130 valence electrons. The van der Waals surface area contributed by atoms with Crippen molar-refractivity contribution in [3.05, 3.63) is 57.8 Å². The molecular weight excluding hydrogens is 290 g/mol. The Bertz CT molecular complexity index is 653. The zero-order valence-corrected chi connectivity index (χ0v) is 16.4. The summed E-state index contributed by atoms with van der Waals surface area (Å²) >= 11 is 0. The van der Waals surface area contributed by atoms with Gasteiger partial charge in [-0.15, -0.1) is 0 Å². The maximum absolute atomic E-state index is 4.75. The molecule has 0 saturated carbocycles. The molecule has 1 aromatic carbocycles. The molecule has 0 saturated heterocycles. The fourth-order valence-electron chi connectivity index (χ4n) is 3.91. The molecule has 0 aliphatic carbocycles. The van der Waals surface area contributed by atoms with E-state index in [0.29, 0.717) is 5.92 Å². The second-order valence-electron chi connectivity index (χ2n) is 7.48. The molecule has 0 radical (unpaired) electrons. The number of benzene rings is 1. The Morgan fingerprint density at radius 2 is 1.67 bits per heavy atom. The van der Waals surface area contributed by atoms with Crippen LogP contribution in [0.25, 0.3) is 0 Å². The van der Waals surface area contributed by atoms with E-state index in [4.69, 9.17) is 4.99 Å². The highest BCUT2D eigenvalue weighted by Crippen LogP contribution is 2.30. The molecule has 1 nitrogen and oxygen atoms in total. The molecule has 0 bridgehead atoms. The van der Waals surface area contributed by atoms with Gasteiger partial charge in [-0.25, -0.2) is 0 Å². The third-order valence-electron chi connectivity index (χ3n) is 5.04. The quantitative estimate of drug-likeness (QED) is 0.544. The molecule has 0 fully saturated rings. The largest absolute Gasteiger partial charge is 0.263 e. The van der Waals surface area contributed by atoms with E-state index in [1.54, 1.807) is 11.1 Å². The molecule has 2 rings (SSSR count). The standard InChI is InChI=1S/C23H33N/c1-7-22-15-20(6)24-19(5)9-8-18(4)23(22)11-10-21-13-16(2)12-17(3)14-21/h9,12-14,18H,7-8,10-11,15H2,1-6H3/b19-9+,23-22-,24-20?. The molecule has 1 unspecified atom stereocenters. The molecule has 1 atom stereocenters. The van der Waals surface area contributed by atoms with Gasteiger partial charge in [0.05, 0.1) is 0 Å². The van der Waals surface area contributed by atoms with Crippen molar-refractivity contribution < 1.29 is 0 Å². The summed E-state index contributed by atoms with van der Waals surface area (Å²) in [5, 5.41) is 0. The van der Waals surface area contributed by atoms with E-state index < -0.39 is 0 Å². The van der Waals surface area contributed by atoms with E-state index >= 15 is 0 Å². The van der Waals surface area contributed by atoms with Crippen LogP contribution in [0.1, 0.15) is 70.1 Å². The van der Waals surface area contributed by atoms with Crippen LogP contribution in [-0.2, 0) is 6.42 Å². The average molecular weight is 324 g/mol. The number of aryl methyl sites for hydroxylation is 3. The molecule has 0 amide bonds. The predicted molar refractivity (Wildman–Crippen MR) is 107 cm³/mol. The minimum Gasteiger partial charge on any atom is -0.263 e. The van der Waals surface area contributed by atoms with E-state index in [9.17, 15) is 0 Å². The lowest BCUT2D eigenvalue weighted by Gasteiger charge is -2.20. The lowest BCUT2D eigenvalue weighted by molar-refractivity contribution is 0.635. The lowest BCUT2D eigenvalue weighted by Crippen LogP contribution is -2.06. The van der Waals surface area contributed by atoms with E-state index in [1.165, 1.54) is 34.5 Å². The average Bonchev–Trinajstić information content (AvgIpc) is 2.54. The van der Waals surface area contributed by atoms with Crippen LogP contribution in [0.3, 0.4) is 0 Å². The molecule has 1 heterocycles. The van der Waals surface area contributed by atoms with Crippen LogP contribution in [0, 0.1) is 19.8 Å². The van der Waals surface area contributed by atoms with Crippen LogP contribution < -0.4 is 0 Å². The van der Waals surface area contributed by atoms with Gasteiger partial charge in [0, 0.05) is 17.8 Å². The normalized spacial score (nSPS) is 24.5. The Morgan fingerprint density at radius 3 is 2.29 bits per heavy atom. The first-order valence-corrected chi connectivity index (χ1v) is 9.38. The van der Waals surface area contributed by atoms with Gasteiger partial charge in [-0.2, -0.15) is 0 Å². The summed E-state index contributed by atoms with van der Waals surface area (Å²) < 4.78 is 0. The Kier molecular flexibility index (Phi) is 6.60. The van der Waals surface area contributed by atoms with Crippen LogP contribution in [0.2, 0.25) is 0 Å². The van der Waals surface area contributed by atoms with E-state index in [0.717, 1.165) is 25.7 Å². The molecule has 1 heteroatoms. The first-order chi connectivity index (χ1) is 11.4. The van der Waals surface area contributed by atoms with Gasteiger partial charge >= 0.3 is 0 Å². The Morgan fingerprint density at radius 1 is 1.00 bits per heavy atom. The minimum absolute atomic E-state index is 0.613. The maximum Gasteiger partial charge on any atom is 0.0332 e. The second-order valence-corrected chi connectivity index (χ2v) is 7.48. The van der Waals surface area contributed by atoms with Gasteiger partial charge in [0.15, 0.2) is 0 Å². The molecule has 1 aromatic rings. The summed E-state index contributed by atoms with van der Waals surface area (Å²) in [6.07, 6.45) is 7.91. The fraction of sp³-hybridized carbons (Fsp3) is 0.522. The highest BCUT2D eigenvalue weighted by molar-refractivity contribution is 5.85. The van der Waals surface area contributed by atoms with Gasteiger partial charge in [-0.05, 0) is 64.9 Å². The van der Waals surface area contributed by atoms with E-state index in [-0.39, 0.29) is 0 Å². The molecule has 0 N–H and O–H groups in total. The van der Waals surface area contributed by atoms with E-state index in [2.05, 4.69) is 65.8 Å². The molecule has 1 aliphatic heterocycles. The maximum atomic E-state index is 4.75. The number of hydrogen-bond acceptors (Lipinski definition) is 1. The Balaban J connectivity index is 2.25. The highest BCUT2D eigenvalue weighted by atomic mass is 14.7. The lowest BCUT2D eigenvalue weighted by atomic mass is 9.85. The van der Waals surface area contributed by atoms with Crippen molar-refractivity contribution >= 4 is 5.71 Å². The van der Waals surface area contributed by atoms with Crippen molar-refractivity contribution in [3.8, 4) is 0 Å². The molecule has 24 heavy (non-hydrogen) atoms. The summed E-state index contributed by atoms with van der Waals surface area (Å²) in [4.78, 5) is 4.75. The summed E-state index contributed by atoms with van der Waals surface area (Å²) in [6, 6.07) is 6.95. The zero-order valence-electron chi connectivity index (χ0n) is 16.4. The Hall–Kier alpha value is -1.63. The molecule has 0 aromatic heterocycles. The van der Waals surface area contributed by atoms with Crippen LogP contribution in [-0.4, -0.2) is 5.71 Å². The third-order valence-corrected chi connectivity index (χ3v) is 5.04. The fourth-order valence-corrected chi connectivity index (χ4v) is 3.91. The van der Waals surface area contributed by atoms with Crippen LogP contribution in [0.4, 0.5) is 0 Å². The zero-order chi connectivity index (χ0) is 17.7. The van der Waals surface area contributed by atoms with Crippen molar-refractivity contribution in [2.24, 2.45) is 10.9 Å². The monoisotopic (exact) mass is 323 g/mol. The van der Waals surface area contributed by atoms with Crippen molar-refractivity contribution in [2.45, 2.75) is 73.6 Å². The van der Waals surface area contributed by atoms with Crippen LogP contribution >= 0.6 is 0 Å². The second kappa shape index (κ2) is 8.46. The van der Waals surface area contributed by atoms with Gasteiger partial charge in [-0.3, -0.25) is 4.99 Å². The minimum atomic E-state index is 0.613. The number of nitrogens with zero attached hydrogens (tertiary/aromatic N) is 1. The number of allylic oxidation sites excluding steroid dienone is 4. The van der Waals surface area contributed by atoms with Gasteiger partial charge in [0.25, 0.3) is 0 Å². The smallest absolute Gasteiger partial charge is 0.0332 e. The van der Waals surface area contributed by atoms with Crippen molar-refractivity contribution in [3.63, 3.8) is 0 Å². The van der Waals surface area contributed by atoms with Crippen molar-refractivity contribution in [1.29, 1.82) is 0 Å². The number of rotatable bonds is 4.